The first-order valence-electron chi connectivity index (χ1n) is 5.24. The Hall–Kier alpha value is -2.44. The van der Waals surface area contributed by atoms with Crippen LogP contribution in [0.5, 0.6) is 0 Å². The van der Waals surface area contributed by atoms with E-state index in [-0.39, 0.29) is 12.4 Å². The molecule has 0 bridgehead atoms. The number of carbonyl (C=O) groups is 1. The number of H-pyrrole nitrogens is 1. The van der Waals surface area contributed by atoms with Crippen LogP contribution in [0.2, 0.25) is 0 Å². The summed E-state index contributed by atoms with van der Waals surface area (Å²) in [5, 5.41) is 3.78. The van der Waals surface area contributed by atoms with E-state index in [1.165, 1.54) is 24.3 Å². The molecule has 0 saturated carbocycles. The van der Waals surface area contributed by atoms with Crippen molar-refractivity contribution in [3.8, 4) is 5.69 Å². The van der Waals surface area contributed by atoms with Crippen molar-refractivity contribution in [2.24, 2.45) is 0 Å². The highest BCUT2D eigenvalue weighted by Gasteiger charge is 2.14. The Balaban J connectivity index is 2.38. The maximum atomic E-state index is 12.7. The van der Waals surface area contributed by atoms with Gasteiger partial charge in [0.15, 0.2) is 0 Å². The van der Waals surface area contributed by atoms with Gasteiger partial charge in [-0.15, -0.1) is 5.10 Å². The lowest BCUT2D eigenvalue weighted by Gasteiger charge is -1.98. The first-order valence-corrected chi connectivity index (χ1v) is 5.24. The Kier molecular flexibility index (Phi) is 3.22. The fraction of sp³-hybridized carbons (Fsp3) is 0.182. The number of aromatic nitrogens is 3. The molecule has 1 heterocycles. The molecular weight excluding hydrogens is 241 g/mol. The molecule has 0 aliphatic carbocycles. The third-order valence-electron chi connectivity index (χ3n) is 2.16. The van der Waals surface area contributed by atoms with E-state index in [4.69, 9.17) is 4.74 Å². The average molecular weight is 251 g/mol. The van der Waals surface area contributed by atoms with Gasteiger partial charge in [0.25, 0.3) is 0 Å². The van der Waals surface area contributed by atoms with Crippen molar-refractivity contribution >= 4 is 5.97 Å². The Labute approximate surface area is 101 Å². The molecule has 2 rings (SSSR count). The number of benzene rings is 1. The second-order valence-electron chi connectivity index (χ2n) is 3.39. The molecule has 0 amide bonds. The molecule has 2 aromatic rings. The highest BCUT2D eigenvalue weighted by Crippen LogP contribution is 2.05. The summed E-state index contributed by atoms with van der Waals surface area (Å²) in [6, 6.07) is 5.15. The van der Waals surface area contributed by atoms with Gasteiger partial charge >= 0.3 is 11.7 Å². The van der Waals surface area contributed by atoms with Crippen molar-refractivity contribution in [3.05, 3.63) is 46.4 Å². The van der Waals surface area contributed by atoms with Crippen LogP contribution >= 0.6 is 0 Å². The third-order valence-corrected chi connectivity index (χ3v) is 2.16. The molecule has 0 aliphatic heterocycles. The summed E-state index contributed by atoms with van der Waals surface area (Å²) in [5.74, 6) is -1.32. The number of esters is 1. The van der Waals surface area contributed by atoms with Crippen molar-refractivity contribution in [2.45, 2.75) is 6.92 Å². The monoisotopic (exact) mass is 251 g/mol. The normalized spacial score (nSPS) is 10.3. The van der Waals surface area contributed by atoms with E-state index in [1.54, 1.807) is 6.92 Å². The summed E-state index contributed by atoms with van der Waals surface area (Å²) in [6.45, 7) is 1.83. The Morgan fingerprint density at radius 1 is 1.44 bits per heavy atom. The molecule has 0 atom stereocenters. The quantitative estimate of drug-likeness (QED) is 0.821. The average Bonchev–Trinajstić information content (AvgIpc) is 2.73. The topological polar surface area (TPSA) is 77.0 Å². The summed E-state index contributed by atoms with van der Waals surface area (Å²) >= 11 is 0. The van der Waals surface area contributed by atoms with Gasteiger partial charge < -0.3 is 4.74 Å². The number of halogens is 1. The summed E-state index contributed by atoms with van der Waals surface area (Å²) in [7, 11) is 0. The zero-order valence-electron chi connectivity index (χ0n) is 9.51. The van der Waals surface area contributed by atoms with Gasteiger partial charge in [-0.05, 0) is 31.2 Å². The van der Waals surface area contributed by atoms with E-state index in [1.807, 2.05) is 0 Å². The van der Waals surface area contributed by atoms with Crippen molar-refractivity contribution in [1.29, 1.82) is 0 Å². The van der Waals surface area contributed by atoms with Crippen LogP contribution in [0, 0.1) is 5.82 Å². The van der Waals surface area contributed by atoms with Crippen molar-refractivity contribution in [3.63, 3.8) is 0 Å². The molecule has 1 aromatic heterocycles. The van der Waals surface area contributed by atoms with E-state index in [0.29, 0.717) is 5.69 Å². The van der Waals surface area contributed by atoms with Gasteiger partial charge in [-0.2, -0.15) is 4.68 Å². The molecule has 0 aliphatic rings. The van der Waals surface area contributed by atoms with Gasteiger partial charge in [-0.1, -0.05) is 0 Å². The second-order valence-corrected chi connectivity index (χ2v) is 3.39. The third kappa shape index (κ3) is 2.29. The van der Waals surface area contributed by atoms with Crippen molar-refractivity contribution < 1.29 is 13.9 Å². The van der Waals surface area contributed by atoms with Crippen LogP contribution in [0.4, 0.5) is 4.39 Å². The lowest BCUT2D eigenvalue weighted by atomic mass is 10.3. The summed E-state index contributed by atoms with van der Waals surface area (Å²) < 4.78 is 18.4. The minimum Gasteiger partial charge on any atom is -0.460 e. The van der Waals surface area contributed by atoms with E-state index in [0.717, 1.165) is 4.68 Å². The molecule has 1 N–H and O–H groups in total. The molecule has 0 saturated heterocycles. The Bertz CT molecular complexity index is 615. The van der Waals surface area contributed by atoms with Crippen LogP contribution in [0.15, 0.2) is 29.1 Å². The Morgan fingerprint density at radius 3 is 2.72 bits per heavy atom. The molecule has 7 heteroatoms. The van der Waals surface area contributed by atoms with E-state index in [9.17, 15) is 14.0 Å². The Morgan fingerprint density at radius 2 is 2.11 bits per heavy atom. The van der Waals surface area contributed by atoms with E-state index >= 15 is 0 Å². The smallest absolute Gasteiger partial charge is 0.376 e. The molecule has 0 unspecified atom stereocenters. The highest BCUT2D eigenvalue weighted by molar-refractivity contribution is 5.84. The summed E-state index contributed by atoms with van der Waals surface area (Å²) in [6.07, 6.45) is 0. The van der Waals surface area contributed by atoms with Crippen LogP contribution in [0.1, 0.15) is 17.5 Å². The van der Waals surface area contributed by atoms with Crippen LogP contribution in [-0.2, 0) is 4.74 Å². The number of hydrogen-bond donors (Lipinski definition) is 1. The van der Waals surface area contributed by atoms with Crippen molar-refractivity contribution in [2.75, 3.05) is 6.61 Å². The molecule has 0 spiro atoms. The van der Waals surface area contributed by atoms with Crippen LogP contribution in [0.25, 0.3) is 5.69 Å². The lowest BCUT2D eigenvalue weighted by Crippen LogP contribution is -2.15. The molecule has 18 heavy (non-hydrogen) atoms. The van der Waals surface area contributed by atoms with Gasteiger partial charge in [-0.25, -0.2) is 14.0 Å². The maximum absolute atomic E-state index is 12.7. The number of ether oxygens (including phenoxy) is 1. The van der Waals surface area contributed by atoms with Gasteiger partial charge in [0.1, 0.15) is 5.82 Å². The standard InChI is InChI=1S/C11H10FN3O3/c1-2-18-10(16)9-13-11(17)15(14-9)8-5-3-7(12)4-6-8/h3-6H,2H2,1H3,(H,13,14,17). The fourth-order valence-corrected chi connectivity index (χ4v) is 1.37. The number of rotatable bonds is 3. The largest absolute Gasteiger partial charge is 0.460 e. The molecule has 0 fully saturated rings. The fourth-order valence-electron chi connectivity index (χ4n) is 1.37. The number of carbonyl (C=O) groups excluding carboxylic acids is 1. The minimum atomic E-state index is -0.713. The number of aromatic amines is 1. The van der Waals surface area contributed by atoms with E-state index < -0.39 is 17.5 Å². The van der Waals surface area contributed by atoms with Crippen LogP contribution < -0.4 is 5.69 Å². The predicted molar refractivity (Wildman–Crippen MR) is 60.1 cm³/mol. The molecule has 94 valence electrons. The zero-order chi connectivity index (χ0) is 13.1. The number of hydrogen-bond acceptors (Lipinski definition) is 4. The maximum Gasteiger partial charge on any atom is 0.376 e. The first-order chi connectivity index (χ1) is 8.61. The van der Waals surface area contributed by atoms with Gasteiger partial charge in [0.2, 0.25) is 5.82 Å². The number of nitrogens with zero attached hydrogens (tertiary/aromatic N) is 2. The molecule has 6 nitrogen and oxygen atoms in total. The van der Waals surface area contributed by atoms with Crippen molar-refractivity contribution in [1.82, 2.24) is 14.8 Å². The first kappa shape index (κ1) is 12.0. The summed E-state index contributed by atoms with van der Waals surface area (Å²) in [4.78, 5) is 25.2. The minimum absolute atomic E-state index is 0.185. The van der Waals surface area contributed by atoms with Gasteiger partial charge in [0.05, 0.1) is 12.3 Å². The number of nitrogens with one attached hydrogen (secondary N) is 1. The molecule has 0 radical (unpaired) electrons. The van der Waals surface area contributed by atoms with Crippen LogP contribution in [0.3, 0.4) is 0 Å². The zero-order valence-corrected chi connectivity index (χ0v) is 9.51. The molecule has 1 aromatic carbocycles. The van der Waals surface area contributed by atoms with Crippen LogP contribution in [-0.4, -0.2) is 27.3 Å². The highest BCUT2D eigenvalue weighted by atomic mass is 19.1. The second kappa shape index (κ2) is 4.82. The molecular formula is C11H10FN3O3. The van der Waals surface area contributed by atoms with Gasteiger partial charge in [-0.3, -0.25) is 4.98 Å². The predicted octanol–water partition coefficient (Wildman–Crippen LogP) is 0.876. The SMILES string of the molecule is CCOC(=O)c1nn(-c2ccc(F)cc2)c(=O)[nH]1. The lowest BCUT2D eigenvalue weighted by molar-refractivity contribution is 0.0512. The van der Waals surface area contributed by atoms with Gasteiger partial charge in [0, 0.05) is 0 Å². The van der Waals surface area contributed by atoms with E-state index in [2.05, 4.69) is 10.1 Å². The summed E-state index contributed by atoms with van der Waals surface area (Å²) in [5.41, 5.74) is -0.238.